The Morgan fingerprint density at radius 1 is 1.00 bits per heavy atom. The van der Waals surface area contributed by atoms with Crippen molar-refractivity contribution in [1.82, 2.24) is 10.6 Å². The minimum atomic E-state index is -0.354. The van der Waals surface area contributed by atoms with Gasteiger partial charge in [0.25, 0.3) is 0 Å². The van der Waals surface area contributed by atoms with Crippen molar-refractivity contribution in [3.8, 4) is 0 Å². The first kappa shape index (κ1) is 12.3. The molecule has 2 aliphatic rings. The second-order valence-electron chi connectivity index (χ2n) is 4.88. The van der Waals surface area contributed by atoms with E-state index in [1.807, 2.05) is 0 Å². The molecule has 3 unspecified atom stereocenters. The van der Waals surface area contributed by atoms with Crippen molar-refractivity contribution < 1.29 is 9.84 Å². The first-order valence-electron chi connectivity index (χ1n) is 6.64. The zero-order chi connectivity index (χ0) is 11.2. The van der Waals surface area contributed by atoms with Crippen LogP contribution in [0.1, 0.15) is 38.5 Å². The number of nitrogens with one attached hydrogen (secondary N) is 2. The standard InChI is InChI=1S/C12H24N2O2/c15-10-9-13-7-4-5-11(10)16-12-6-2-1-3-8-14-12/h10-15H,1-9H2. The van der Waals surface area contributed by atoms with Crippen LogP contribution in [0.25, 0.3) is 0 Å². The smallest absolute Gasteiger partial charge is 0.108 e. The van der Waals surface area contributed by atoms with Gasteiger partial charge < -0.3 is 15.2 Å². The lowest BCUT2D eigenvalue weighted by atomic mass is 10.1. The Balaban J connectivity index is 1.81. The molecule has 3 atom stereocenters. The van der Waals surface area contributed by atoms with Gasteiger partial charge in [-0.2, -0.15) is 0 Å². The lowest BCUT2D eigenvalue weighted by Crippen LogP contribution is -2.41. The largest absolute Gasteiger partial charge is 0.389 e. The molecular formula is C12H24N2O2. The van der Waals surface area contributed by atoms with Crippen LogP contribution in [0.4, 0.5) is 0 Å². The fourth-order valence-electron chi connectivity index (χ4n) is 2.48. The van der Waals surface area contributed by atoms with Crippen molar-refractivity contribution >= 4 is 0 Å². The van der Waals surface area contributed by atoms with E-state index in [0.717, 1.165) is 32.4 Å². The van der Waals surface area contributed by atoms with Crippen molar-refractivity contribution in [2.45, 2.75) is 57.0 Å². The summed E-state index contributed by atoms with van der Waals surface area (Å²) in [6.07, 6.45) is 6.71. The Bertz CT molecular complexity index is 193. The third kappa shape index (κ3) is 3.70. The van der Waals surface area contributed by atoms with Crippen molar-refractivity contribution in [2.24, 2.45) is 0 Å². The topological polar surface area (TPSA) is 53.5 Å². The van der Waals surface area contributed by atoms with Gasteiger partial charge in [0.05, 0.1) is 12.2 Å². The summed E-state index contributed by atoms with van der Waals surface area (Å²) in [7, 11) is 0. The van der Waals surface area contributed by atoms with Crippen LogP contribution in [0.5, 0.6) is 0 Å². The highest BCUT2D eigenvalue weighted by Crippen LogP contribution is 2.16. The number of ether oxygens (including phenoxy) is 1. The van der Waals surface area contributed by atoms with Gasteiger partial charge in [-0.05, 0) is 45.2 Å². The van der Waals surface area contributed by atoms with Gasteiger partial charge in [-0.15, -0.1) is 0 Å². The van der Waals surface area contributed by atoms with Crippen molar-refractivity contribution in [3.05, 3.63) is 0 Å². The highest BCUT2D eigenvalue weighted by molar-refractivity contribution is 4.77. The van der Waals surface area contributed by atoms with Crippen LogP contribution in [0.3, 0.4) is 0 Å². The molecule has 0 aliphatic carbocycles. The van der Waals surface area contributed by atoms with E-state index in [-0.39, 0.29) is 18.4 Å². The maximum Gasteiger partial charge on any atom is 0.108 e. The summed E-state index contributed by atoms with van der Waals surface area (Å²) in [4.78, 5) is 0. The van der Waals surface area contributed by atoms with Crippen LogP contribution in [0, 0.1) is 0 Å². The highest BCUT2D eigenvalue weighted by atomic mass is 16.5. The van der Waals surface area contributed by atoms with E-state index >= 15 is 0 Å². The second kappa shape index (κ2) is 6.55. The van der Waals surface area contributed by atoms with Crippen molar-refractivity contribution in [2.75, 3.05) is 19.6 Å². The maximum absolute atomic E-state index is 9.93. The average Bonchev–Trinajstić information content (AvgIpc) is 2.64. The van der Waals surface area contributed by atoms with Crippen molar-refractivity contribution in [3.63, 3.8) is 0 Å². The summed E-state index contributed by atoms with van der Waals surface area (Å²) in [5.74, 6) is 0. The van der Waals surface area contributed by atoms with Crippen molar-refractivity contribution in [1.29, 1.82) is 0 Å². The Kier molecular flexibility index (Phi) is 5.03. The molecule has 2 rings (SSSR count). The average molecular weight is 228 g/mol. The fraction of sp³-hybridized carbons (Fsp3) is 1.00. The number of aliphatic hydroxyl groups is 1. The second-order valence-corrected chi connectivity index (χ2v) is 4.88. The van der Waals surface area contributed by atoms with Gasteiger partial charge in [0.1, 0.15) is 6.23 Å². The molecule has 4 nitrogen and oxygen atoms in total. The highest BCUT2D eigenvalue weighted by Gasteiger charge is 2.25. The SMILES string of the molecule is OC1CNCCCC1OC1CCCCCN1. The summed E-state index contributed by atoms with van der Waals surface area (Å²) in [5.41, 5.74) is 0. The molecule has 2 saturated heterocycles. The van der Waals surface area contributed by atoms with Gasteiger partial charge in [-0.25, -0.2) is 0 Å². The Morgan fingerprint density at radius 2 is 1.94 bits per heavy atom. The van der Waals surface area contributed by atoms with Crippen LogP contribution in [-0.2, 0) is 4.74 Å². The van der Waals surface area contributed by atoms with Gasteiger partial charge >= 0.3 is 0 Å². The number of hydrogen-bond donors (Lipinski definition) is 3. The van der Waals surface area contributed by atoms with Gasteiger partial charge in [0, 0.05) is 6.54 Å². The van der Waals surface area contributed by atoms with E-state index in [1.54, 1.807) is 0 Å². The monoisotopic (exact) mass is 228 g/mol. The molecule has 0 aromatic carbocycles. The first-order chi connectivity index (χ1) is 7.86. The molecule has 2 heterocycles. The van der Waals surface area contributed by atoms with Gasteiger partial charge in [-0.3, -0.25) is 5.32 Å². The van der Waals surface area contributed by atoms with E-state index in [2.05, 4.69) is 10.6 Å². The summed E-state index contributed by atoms with van der Waals surface area (Å²) < 4.78 is 6.00. The molecule has 2 fully saturated rings. The number of β-amino-alcohol motifs (C(OH)–C–C–N with tert-alkyl or cyclic N) is 1. The summed E-state index contributed by atoms with van der Waals surface area (Å²) in [5, 5.41) is 16.6. The molecule has 0 saturated carbocycles. The molecule has 94 valence electrons. The quantitative estimate of drug-likeness (QED) is 0.648. The lowest BCUT2D eigenvalue weighted by molar-refractivity contribution is -0.0877. The Morgan fingerprint density at radius 3 is 2.88 bits per heavy atom. The van der Waals surface area contributed by atoms with Crippen LogP contribution in [0.15, 0.2) is 0 Å². The summed E-state index contributed by atoms with van der Waals surface area (Å²) in [6.45, 7) is 2.71. The molecule has 0 amide bonds. The number of rotatable bonds is 2. The molecule has 3 N–H and O–H groups in total. The minimum absolute atomic E-state index is 0.00519. The third-order valence-electron chi connectivity index (χ3n) is 3.48. The van der Waals surface area contributed by atoms with Gasteiger partial charge in [-0.1, -0.05) is 6.42 Å². The summed E-state index contributed by atoms with van der Waals surface area (Å²) >= 11 is 0. The molecule has 16 heavy (non-hydrogen) atoms. The molecule has 4 heteroatoms. The first-order valence-corrected chi connectivity index (χ1v) is 6.64. The van der Waals surface area contributed by atoms with E-state index in [0.29, 0.717) is 6.54 Å². The van der Waals surface area contributed by atoms with E-state index < -0.39 is 0 Å². The lowest BCUT2D eigenvalue weighted by Gasteiger charge is -2.26. The molecule has 0 radical (unpaired) electrons. The number of hydrogen-bond acceptors (Lipinski definition) is 4. The minimum Gasteiger partial charge on any atom is -0.389 e. The normalized spacial score (nSPS) is 37.7. The van der Waals surface area contributed by atoms with Gasteiger partial charge in [0.2, 0.25) is 0 Å². The zero-order valence-electron chi connectivity index (χ0n) is 9.95. The Labute approximate surface area is 97.7 Å². The molecule has 2 aliphatic heterocycles. The molecular weight excluding hydrogens is 204 g/mol. The maximum atomic E-state index is 9.93. The number of aliphatic hydroxyl groups excluding tert-OH is 1. The van der Waals surface area contributed by atoms with Crippen LogP contribution in [0.2, 0.25) is 0 Å². The zero-order valence-corrected chi connectivity index (χ0v) is 9.95. The Hall–Kier alpha value is -0.160. The third-order valence-corrected chi connectivity index (χ3v) is 3.48. The predicted molar refractivity (Wildman–Crippen MR) is 63.2 cm³/mol. The molecule has 0 spiro atoms. The molecule has 0 aromatic heterocycles. The molecule has 0 bridgehead atoms. The van der Waals surface area contributed by atoms with E-state index in [9.17, 15) is 5.11 Å². The predicted octanol–water partition coefficient (Wildman–Crippen LogP) is 0.606. The van der Waals surface area contributed by atoms with E-state index in [1.165, 1.54) is 19.3 Å². The summed E-state index contributed by atoms with van der Waals surface area (Å²) in [6, 6.07) is 0. The van der Waals surface area contributed by atoms with E-state index in [4.69, 9.17) is 4.74 Å². The molecule has 0 aromatic rings. The van der Waals surface area contributed by atoms with Gasteiger partial charge in [0.15, 0.2) is 0 Å². The van der Waals surface area contributed by atoms with Crippen LogP contribution in [-0.4, -0.2) is 43.2 Å². The fourth-order valence-corrected chi connectivity index (χ4v) is 2.48. The van der Waals surface area contributed by atoms with Crippen LogP contribution < -0.4 is 10.6 Å². The van der Waals surface area contributed by atoms with Crippen LogP contribution >= 0.6 is 0 Å².